The number of carbonyl (C=O) groups excluding carboxylic acids is 1. The van der Waals surface area contributed by atoms with Gasteiger partial charge in [-0.25, -0.2) is 0 Å². The molecule has 0 aromatic carbocycles. The summed E-state index contributed by atoms with van der Waals surface area (Å²) >= 11 is 0.847. The van der Waals surface area contributed by atoms with E-state index in [-0.39, 0.29) is 0 Å². The monoisotopic (exact) mass is 277 g/mol. The minimum absolute atomic E-state index is 0.422. The van der Waals surface area contributed by atoms with E-state index in [1.807, 2.05) is 0 Å². The van der Waals surface area contributed by atoms with E-state index in [0.29, 0.717) is 13.1 Å². The van der Waals surface area contributed by atoms with Gasteiger partial charge in [-0.05, 0) is 20.1 Å². The molecule has 0 saturated carbocycles. The molecule has 0 aliphatic carbocycles. The molecule has 0 aromatic rings. The third-order valence-corrected chi connectivity index (χ3v) is 1.24. The van der Waals surface area contributed by atoms with Gasteiger partial charge in [0.1, 0.15) is 0 Å². The molecule has 14 heavy (non-hydrogen) atoms. The zero-order valence-electron chi connectivity index (χ0n) is 8.02. The number of carbonyl (C=O) groups is 1. The van der Waals surface area contributed by atoms with Gasteiger partial charge in [-0.2, -0.15) is 8.78 Å². The Kier molecular flexibility index (Phi) is 12.6. The van der Waals surface area contributed by atoms with Crippen LogP contribution in [0.1, 0.15) is 13.8 Å². The molecule has 0 aromatic heterocycles. The predicted molar refractivity (Wildman–Crippen MR) is 44.2 cm³/mol. The van der Waals surface area contributed by atoms with E-state index < -0.39 is 12.2 Å². The first-order valence-electron chi connectivity index (χ1n) is 3.78. The summed E-state index contributed by atoms with van der Waals surface area (Å²) in [5.74, 6) is 0. The van der Waals surface area contributed by atoms with E-state index in [1.165, 1.54) is 11.2 Å². The standard InChI is InChI=1S/C7H10F2NO2.ClH.Zn/c1-3-10(4-2)7(11)12-5-6(8)9;;/h3-4H2,1-2H3;1H;/q-1;;+2/p-1. The van der Waals surface area contributed by atoms with E-state index in [4.69, 9.17) is 9.69 Å². The van der Waals surface area contributed by atoms with Gasteiger partial charge < -0.3 is 14.4 Å². The van der Waals surface area contributed by atoms with Gasteiger partial charge in [-0.3, -0.25) is 0 Å². The van der Waals surface area contributed by atoms with Crippen molar-refractivity contribution in [2.24, 2.45) is 0 Å². The SMILES string of the molecule is CCN(CC)C(=O)O[C-]=C(F)F.[Cl][Zn+]. The first-order valence-corrected chi connectivity index (χ1v) is 7.68. The normalized spacial score (nSPS) is 8.21. The molecule has 0 atom stereocenters. The Labute approximate surface area is 95.8 Å². The molecule has 3 nitrogen and oxygen atoms in total. The van der Waals surface area contributed by atoms with E-state index in [0.717, 1.165) is 17.3 Å². The van der Waals surface area contributed by atoms with E-state index in [9.17, 15) is 13.6 Å². The van der Waals surface area contributed by atoms with Crippen LogP contribution in [0.4, 0.5) is 13.6 Å². The molecular formula is C7H10ClF2NO2Zn. The summed E-state index contributed by atoms with van der Waals surface area (Å²) in [5, 5.41) is 0. The van der Waals surface area contributed by atoms with Gasteiger partial charge in [0.25, 0.3) is 0 Å². The third kappa shape index (κ3) is 8.38. The van der Waals surface area contributed by atoms with Crippen molar-refractivity contribution in [1.82, 2.24) is 4.90 Å². The molecule has 0 unspecified atom stereocenters. The zero-order chi connectivity index (χ0) is 11.6. The molecule has 0 bridgehead atoms. The van der Waals surface area contributed by atoms with Gasteiger partial charge in [0.2, 0.25) is 12.2 Å². The summed E-state index contributed by atoms with van der Waals surface area (Å²) in [6, 6.07) is 0. The molecule has 0 heterocycles. The molecular weight excluding hydrogens is 269 g/mol. The number of halogens is 3. The maximum atomic E-state index is 11.4. The van der Waals surface area contributed by atoms with Crippen molar-refractivity contribution in [3.8, 4) is 0 Å². The molecule has 0 spiro atoms. The van der Waals surface area contributed by atoms with Crippen LogP contribution in [-0.4, -0.2) is 24.1 Å². The first-order chi connectivity index (χ1) is 6.61. The average molecular weight is 279 g/mol. The van der Waals surface area contributed by atoms with Crippen molar-refractivity contribution < 1.29 is 35.6 Å². The number of hydrogen-bond donors (Lipinski definition) is 0. The predicted octanol–water partition coefficient (Wildman–Crippen LogP) is 2.69. The number of hydrogen-bond acceptors (Lipinski definition) is 2. The van der Waals surface area contributed by atoms with Crippen molar-refractivity contribution in [3.05, 3.63) is 12.3 Å². The molecule has 1 amide bonds. The third-order valence-electron chi connectivity index (χ3n) is 1.24. The van der Waals surface area contributed by atoms with Crippen LogP contribution in [0.3, 0.4) is 0 Å². The molecule has 7 heteroatoms. The molecule has 0 saturated heterocycles. The Hall–Kier alpha value is -0.217. The van der Waals surface area contributed by atoms with Gasteiger partial charge in [-0.1, -0.05) is 0 Å². The molecule has 0 aliphatic rings. The summed E-state index contributed by atoms with van der Waals surface area (Å²) in [6.07, 6.45) is -1.77. The molecule has 0 fully saturated rings. The van der Waals surface area contributed by atoms with E-state index in [1.54, 1.807) is 13.8 Å². The van der Waals surface area contributed by atoms with Gasteiger partial charge in [0.15, 0.2) is 0 Å². The van der Waals surface area contributed by atoms with Crippen LogP contribution in [0.15, 0.2) is 6.08 Å². The number of amides is 1. The average Bonchev–Trinajstić information content (AvgIpc) is 2.19. The Morgan fingerprint density at radius 2 is 1.86 bits per heavy atom. The fraction of sp³-hybridized carbons (Fsp3) is 0.571. The zero-order valence-corrected chi connectivity index (χ0v) is 11.7. The van der Waals surface area contributed by atoms with Crippen molar-refractivity contribution >= 4 is 15.8 Å². The second-order valence-electron chi connectivity index (χ2n) is 1.90. The molecule has 0 aliphatic heterocycles. The summed E-state index contributed by atoms with van der Waals surface area (Å²) in [6.45, 7) is 4.29. The van der Waals surface area contributed by atoms with Gasteiger partial charge in [-0.15, -0.1) is 0 Å². The van der Waals surface area contributed by atoms with E-state index in [2.05, 4.69) is 4.74 Å². The number of nitrogens with zero attached hydrogens (tertiary/aromatic N) is 1. The molecule has 78 valence electrons. The topological polar surface area (TPSA) is 29.5 Å². The Balaban J connectivity index is 0. The van der Waals surface area contributed by atoms with Crippen LogP contribution in [0, 0.1) is 6.26 Å². The van der Waals surface area contributed by atoms with Crippen LogP contribution in [0.2, 0.25) is 0 Å². The Bertz CT molecular complexity index is 185. The van der Waals surface area contributed by atoms with Gasteiger partial charge in [0, 0.05) is 13.1 Å². The fourth-order valence-electron chi connectivity index (χ4n) is 0.629. The van der Waals surface area contributed by atoms with Crippen molar-refractivity contribution in [1.29, 1.82) is 0 Å². The van der Waals surface area contributed by atoms with Crippen LogP contribution >= 0.6 is 9.69 Å². The quantitative estimate of drug-likeness (QED) is 0.451. The van der Waals surface area contributed by atoms with Crippen molar-refractivity contribution in [3.63, 3.8) is 0 Å². The van der Waals surface area contributed by atoms with Crippen LogP contribution in [0.25, 0.3) is 0 Å². The van der Waals surface area contributed by atoms with Crippen molar-refractivity contribution in [2.75, 3.05) is 13.1 Å². The fourth-order valence-corrected chi connectivity index (χ4v) is 0.629. The summed E-state index contributed by atoms with van der Waals surface area (Å²) in [7, 11) is 4.76. The molecule has 0 radical (unpaired) electrons. The Morgan fingerprint density at radius 3 is 2.14 bits per heavy atom. The second kappa shape index (κ2) is 10.9. The van der Waals surface area contributed by atoms with E-state index >= 15 is 0 Å². The summed E-state index contributed by atoms with van der Waals surface area (Å²) < 4.78 is 26.7. The van der Waals surface area contributed by atoms with Gasteiger partial charge in [0.05, 0.1) is 0 Å². The molecule has 0 N–H and O–H groups in total. The summed E-state index contributed by atoms with van der Waals surface area (Å²) in [4.78, 5) is 12.1. The van der Waals surface area contributed by atoms with Crippen LogP contribution in [0.5, 0.6) is 0 Å². The van der Waals surface area contributed by atoms with Crippen molar-refractivity contribution in [2.45, 2.75) is 13.8 Å². The second-order valence-corrected chi connectivity index (χ2v) is 1.90. The van der Waals surface area contributed by atoms with Gasteiger partial charge >= 0.3 is 27.0 Å². The number of ether oxygens (including phenoxy) is 1. The number of rotatable bonds is 3. The summed E-state index contributed by atoms with van der Waals surface area (Å²) in [5.41, 5.74) is 0. The van der Waals surface area contributed by atoms with Crippen LogP contribution < -0.4 is 0 Å². The Morgan fingerprint density at radius 1 is 1.43 bits per heavy atom. The minimum atomic E-state index is -2.14. The molecule has 0 rings (SSSR count). The first kappa shape index (κ1) is 16.2. The maximum absolute atomic E-state index is 11.4. The van der Waals surface area contributed by atoms with Crippen LogP contribution in [-0.2, 0) is 22.0 Å².